The van der Waals surface area contributed by atoms with Gasteiger partial charge < -0.3 is 15.4 Å². The minimum atomic E-state index is 0.590. The minimum absolute atomic E-state index is 0.590. The van der Waals surface area contributed by atoms with Gasteiger partial charge in [0.2, 0.25) is 0 Å². The highest BCUT2D eigenvalue weighted by molar-refractivity contribution is 5.23. The molecule has 0 radical (unpaired) electrons. The smallest absolute Gasteiger partial charge is 0.145 e. The number of rotatable bonds is 8. The van der Waals surface area contributed by atoms with Gasteiger partial charge in [-0.1, -0.05) is 6.92 Å². The van der Waals surface area contributed by atoms with Crippen LogP contribution in [0.3, 0.4) is 0 Å². The van der Waals surface area contributed by atoms with Crippen LogP contribution in [-0.2, 0) is 11.3 Å². The third-order valence-electron chi connectivity index (χ3n) is 2.58. The molecule has 0 aliphatic rings. The summed E-state index contributed by atoms with van der Waals surface area (Å²) in [6.07, 6.45) is 3.00. The molecule has 0 aromatic carbocycles. The molecule has 0 amide bonds. The Morgan fingerprint density at radius 3 is 2.88 bits per heavy atom. The summed E-state index contributed by atoms with van der Waals surface area (Å²) in [4.78, 5) is 2.37. The fourth-order valence-electron chi connectivity index (χ4n) is 1.61. The van der Waals surface area contributed by atoms with Gasteiger partial charge in [-0.25, -0.2) is 0 Å². The summed E-state index contributed by atoms with van der Waals surface area (Å²) in [5.41, 5.74) is 5.54. The lowest BCUT2D eigenvalue weighted by Crippen LogP contribution is -2.28. The van der Waals surface area contributed by atoms with Crippen molar-refractivity contribution in [1.82, 2.24) is 14.7 Å². The van der Waals surface area contributed by atoms with Gasteiger partial charge in [0.15, 0.2) is 0 Å². The predicted molar refractivity (Wildman–Crippen MR) is 65.2 cm³/mol. The van der Waals surface area contributed by atoms with Gasteiger partial charge in [0.25, 0.3) is 0 Å². The number of nitrogen functional groups attached to an aromatic ring is 1. The molecule has 5 heteroatoms. The van der Waals surface area contributed by atoms with Crippen molar-refractivity contribution in [2.45, 2.75) is 19.9 Å². The number of aromatic nitrogens is 2. The van der Waals surface area contributed by atoms with Crippen LogP contribution in [0.25, 0.3) is 0 Å². The second-order valence-electron chi connectivity index (χ2n) is 3.78. The molecule has 0 spiro atoms. The van der Waals surface area contributed by atoms with Crippen LogP contribution in [0.5, 0.6) is 0 Å². The second kappa shape index (κ2) is 7.24. The van der Waals surface area contributed by atoms with Crippen LogP contribution >= 0.6 is 0 Å². The van der Waals surface area contributed by atoms with E-state index in [4.69, 9.17) is 10.5 Å². The Labute approximate surface area is 97.2 Å². The van der Waals surface area contributed by atoms with Crippen molar-refractivity contribution in [3.8, 4) is 0 Å². The molecule has 0 aliphatic heterocycles. The topological polar surface area (TPSA) is 56.3 Å². The van der Waals surface area contributed by atoms with E-state index in [1.165, 1.54) is 0 Å². The number of ether oxygens (including phenoxy) is 1. The SMILES string of the molecule is CCN(CCCn1ccc(N)n1)CCOC. The van der Waals surface area contributed by atoms with Gasteiger partial charge in [-0.2, -0.15) is 5.10 Å². The molecule has 2 N–H and O–H groups in total. The molecule has 1 aromatic heterocycles. The van der Waals surface area contributed by atoms with Crippen LogP contribution in [0.1, 0.15) is 13.3 Å². The Morgan fingerprint density at radius 1 is 1.50 bits per heavy atom. The van der Waals surface area contributed by atoms with Gasteiger partial charge in [-0.15, -0.1) is 0 Å². The number of aryl methyl sites for hydroxylation is 1. The number of methoxy groups -OCH3 is 1. The highest BCUT2D eigenvalue weighted by Crippen LogP contribution is 1.98. The zero-order chi connectivity index (χ0) is 11.8. The largest absolute Gasteiger partial charge is 0.383 e. The molecule has 0 fully saturated rings. The number of nitrogens with two attached hydrogens (primary N) is 1. The second-order valence-corrected chi connectivity index (χ2v) is 3.78. The first-order valence-electron chi connectivity index (χ1n) is 5.76. The number of hydrogen-bond donors (Lipinski definition) is 1. The quantitative estimate of drug-likeness (QED) is 0.713. The first kappa shape index (κ1) is 13.0. The Hall–Kier alpha value is -1.07. The lowest BCUT2D eigenvalue weighted by molar-refractivity contribution is 0.149. The van der Waals surface area contributed by atoms with E-state index in [1.54, 1.807) is 7.11 Å². The normalized spacial score (nSPS) is 11.2. The van der Waals surface area contributed by atoms with Gasteiger partial charge in [-0.3, -0.25) is 4.68 Å². The molecule has 0 aliphatic carbocycles. The summed E-state index contributed by atoms with van der Waals surface area (Å²) >= 11 is 0. The van der Waals surface area contributed by atoms with E-state index < -0.39 is 0 Å². The molecule has 1 heterocycles. The molecular weight excluding hydrogens is 204 g/mol. The summed E-state index contributed by atoms with van der Waals surface area (Å²) in [6, 6.07) is 1.82. The summed E-state index contributed by atoms with van der Waals surface area (Å²) in [7, 11) is 1.74. The maximum Gasteiger partial charge on any atom is 0.145 e. The van der Waals surface area contributed by atoms with E-state index in [2.05, 4.69) is 16.9 Å². The van der Waals surface area contributed by atoms with Crippen molar-refractivity contribution in [3.63, 3.8) is 0 Å². The monoisotopic (exact) mass is 226 g/mol. The first-order valence-corrected chi connectivity index (χ1v) is 5.76. The average Bonchev–Trinajstić information content (AvgIpc) is 2.69. The van der Waals surface area contributed by atoms with E-state index in [0.29, 0.717) is 5.82 Å². The number of likely N-dealkylation sites (N-methyl/N-ethyl adjacent to an activating group) is 1. The van der Waals surface area contributed by atoms with E-state index in [9.17, 15) is 0 Å². The van der Waals surface area contributed by atoms with Crippen LogP contribution in [0, 0.1) is 0 Å². The molecule has 0 saturated heterocycles. The lowest BCUT2D eigenvalue weighted by atomic mass is 10.3. The summed E-state index contributed by atoms with van der Waals surface area (Å²) in [5, 5.41) is 4.15. The van der Waals surface area contributed by atoms with E-state index >= 15 is 0 Å². The number of anilines is 1. The third-order valence-corrected chi connectivity index (χ3v) is 2.58. The lowest BCUT2D eigenvalue weighted by Gasteiger charge is -2.19. The molecule has 5 nitrogen and oxygen atoms in total. The van der Waals surface area contributed by atoms with Gasteiger partial charge in [0, 0.05) is 26.4 Å². The van der Waals surface area contributed by atoms with Crippen molar-refractivity contribution in [2.75, 3.05) is 39.1 Å². The van der Waals surface area contributed by atoms with E-state index in [1.807, 2.05) is 16.9 Å². The Bertz CT molecular complexity index is 287. The van der Waals surface area contributed by atoms with Crippen LogP contribution in [0.2, 0.25) is 0 Å². The Balaban J connectivity index is 2.17. The number of hydrogen-bond acceptors (Lipinski definition) is 4. The van der Waals surface area contributed by atoms with E-state index in [0.717, 1.165) is 39.2 Å². The molecule has 92 valence electrons. The molecule has 1 aromatic rings. The van der Waals surface area contributed by atoms with Crippen molar-refractivity contribution < 1.29 is 4.74 Å². The van der Waals surface area contributed by atoms with Crippen LogP contribution in [0.4, 0.5) is 5.82 Å². The zero-order valence-electron chi connectivity index (χ0n) is 10.2. The third kappa shape index (κ3) is 4.63. The average molecular weight is 226 g/mol. The fraction of sp³-hybridized carbons (Fsp3) is 0.727. The van der Waals surface area contributed by atoms with Crippen LogP contribution in [0.15, 0.2) is 12.3 Å². The van der Waals surface area contributed by atoms with E-state index in [-0.39, 0.29) is 0 Å². The van der Waals surface area contributed by atoms with Crippen molar-refractivity contribution in [3.05, 3.63) is 12.3 Å². The Morgan fingerprint density at radius 2 is 2.31 bits per heavy atom. The van der Waals surface area contributed by atoms with Crippen molar-refractivity contribution in [1.29, 1.82) is 0 Å². The molecule has 0 bridgehead atoms. The summed E-state index contributed by atoms with van der Waals surface area (Å²) in [6.45, 7) is 7.00. The molecular formula is C11H22N4O. The Kier molecular flexibility index (Phi) is 5.88. The maximum atomic E-state index is 5.54. The maximum absolute atomic E-state index is 5.54. The number of nitrogens with zero attached hydrogens (tertiary/aromatic N) is 3. The molecule has 0 atom stereocenters. The highest BCUT2D eigenvalue weighted by Gasteiger charge is 2.02. The first-order chi connectivity index (χ1) is 7.76. The molecule has 1 rings (SSSR count). The van der Waals surface area contributed by atoms with Crippen molar-refractivity contribution >= 4 is 5.82 Å². The van der Waals surface area contributed by atoms with Crippen LogP contribution in [-0.4, -0.2) is 48.0 Å². The molecule has 16 heavy (non-hydrogen) atoms. The predicted octanol–water partition coefficient (Wildman–Crippen LogP) is 0.824. The van der Waals surface area contributed by atoms with Gasteiger partial charge in [0.1, 0.15) is 5.82 Å². The molecule has 0 unspecified atom stereocenters. The fourth-order valence-corrected chi connectivity index (χ4v) is 1.61. The standard InChI is InChI=1S/C11H22N4O/c1-3-14(9-10-16-2)6-4-7-15-8-5-11(12)13-15/h5,8H,3-4,6-7,9-10H2,1-2H3,(H2,12,13). The van der Waals surface area contributed by atoms with Gasteiger partial charge in [-0.05, 0) is 25.6 Å². The van der Waals surface area contributed by atoms with Crippen molar-refractivity contribution in [2.24, 2.45) is 0 Å². The summed E-state index contributed by atoms with van der Waals surface area (Å²) < 4.78 is 6.95. The summed E-state index contributed by atoms with van der Waals surface area (Å²) in [5.74, 6) is 0.590. The highest BCUT2D eigenvalue weighted by atomic mass is 16.5. The minimum Gasteiger partial charge on any atom is -0.383 e. The van der Waals surface area contributed by atoms with Gasteiger partial charge in [0.05, 0.1) is 6.61 Å². The molecule has 0 saturated carbocycles. The van der Waals surface area contributed by atoms with Crippen LogP contribution < -0.4 is 5.73 Å². The van der Waals surface area contributed by atoms with Gasteiger partial charge >= 0.3 is 0 Å². The zero-order valence-corrected chi connectivity index (χ0v) is 10.2.